The highest BCUT2D eigenvalue weighted by Gasteiger charge is 2.28. The predicted molar refractivity (Wildman–Crippen MR) is 210 cm³/mol. The van der Waals surface area contributed by atoms with Crippen molar-refractivity contribution in [2.75, 3.05) is 6.61 Å². The number of aliphatic hydroxyl groups excluding tert-OH is 4. The molecule has 4 atom stereocenters. The third-order valence-corrected chi connectivity index (χ3v) is 10.2. The Morgan fingerprint density at radius 1 is 0.490 bits per heavy atom. The molecule has 0 aliphatic heterocycles. The average molecular weight is 696 g/mol. The number of carbonyl (C=O) groups excluding carboxylic acids is 1. The smallest absolute Gasteiger partial charge is 0.249 e. The van der Waals surface area contributed by atoms with Gasteiger partial charge in [0, 0.05) is 0 Å². The molecule has 0 aliphatic rings. The number of nitrogens with one attached hydrogen (secondary N) is 1. The lowest BCUT2D eigenvalue weighted by Crippen LogP contribution is -2.53. The fraction of sp³-hybridized carbons (Fsp3) is 0.930. The summed E-state index contributed by atoms with van der Waals surface area (Å²) >= 11 is 0. The summed E-state index contributed by atoms with van der Waals surface area (Å²) in [5.74, 6) is -0.587. The van der Waals surface area contributed by atoms with Crippen molar-refractivity contribution < 1.29 is 25.2 Å². The second-order valence-corrected chi connectivity index (χ2v) is 15.0. The fourth-order valence-corrected chi connectivity index (χ4v) is 6.75. The van der Waals surface area contributed by atoms with Crippen LogP contribution in [0.5, 0.6) is 0 Å². The highest BCUT2D eigenvalue weighted by atomic mass is 16.3. The Bertz CT molecular complexity index is 702. The molecule has 0 aliphatic carbocycles. The summed E-state index contributed by atoms with van der Waals surface area (Å²) in [4.78, 5) is 12.5. The molecule has 4 unspecified atom stereocenters. The minimum absolute atomic E-state index is 0.368. The molecule has 292 valence electrons. The molecule has 0 saturated carbocycles. The number of hydrogen-bond acceptors (Lipinski definition) is 5. The van der Waals surface area contributed by atoms with Gasteiger partial charge in [-0.05, 0) is 38.5 Å². The lowest BCUT2D eigenvalue weighted by molar-refractivity contribution is -0.132. The standard InChI is InChI=1S/C43H85NO5/c1-3-5-7-9-11-13-14-15-16-17-18-19-20-21-22-23-24-25-26-27-29-31-33-35-37-41(47)43(49)44-39(38-45)42(48)40(46)36-34-32-30-28-12-10-8-6-4-2/h21-22,39-42,45-48H,3-20,23-38H2,1-2H3,(H,44,49)/b22-21-. The molecule has 6 nitrogen and oxygen atoms in total. The highest BCUT2D eigenvalue weighted by molar-refractivity contribution is 5.80. The molecule has 1 amide bonds. The minimum Gasteiger partial charge on any atom is -0.394 e. The van der Waals surface area contributed by atoms with Gasteiger partial charge in [-0.3, -0.25) is 4.79 Å². The van der Waals surface area contributed by atoms with Crippen molar-refractivity contribution in [3.8, 4) is 0 Å². The summed E-state index contributed by atoms with van der Waals surface area (Å²) in [5.41, 5.74) is 0. The van der Waals surface area contributed by atoms with E-state index in [0.29, 0.717) is 12.8 Å². The Morgan fingerprint density at radius 2 is 0.816 bits per heavy atom. The van der Waals surface area contributed by atoms with Gasteiger partial charge in [-0.15, -0.1) is 0 Å². The molecule has 5 N–H and O–H groups in total. The molecule has 6 heteroatoms. The molecule has 0 heterocycles. The number of unbranched alkanes of at least 4 members (excludes halogenated alkanes) is 28. The fourth-order valence-electron chi connectivity index (χ4n) is 6.75. The van der Waals surface area contributed by atoms with Crippen LogP contribution in [0.2, 0.25) is 0 Å². The molecular formula is C43H85NO5. The van der Waals surface area contributed by atoms with Crippen LogP contribution in [0.25, 0.3) is 0 Å². The van der Waals surface area contributed by atoms with Gasteiger partial charge in [0.05, 0.1) is 18.8 Å². The average Bonchev–Trinajstić information content (AvgIpc) is 3.11. The first kappa shape index (κ1) is 48.0. The molecule has 0 saturated heterocycles. The van der Waals surface area contributed by atoms with E-state index in [9.17, 15) is 25.2 Å². The Morgan fingerprint density at radius 3 is 1.18 bits per heavy atom. The molecule has 0 radical (unpaired) electrons. The maximum atomic E-state index is 12.5. The Hall–Kier alpha value is -0.950. The van der Waals surface area contributed by atoms with Crippen LogP contribution < -0.4 is 5.32 Å². The second-order valence-electron chi connectivity index (χ2n) is 15.0. The number of rotatable bonds is 39. The van der Waals surface area contributed by atoms with Gasteiger partial charge in [0.15, 0.2) is 0 Å². The predicted octanol–water partition coefficient (Wildman–Crippen LogP) is 11.0. The van der Waals surface area contributed by atoms with Crippen LogP contribution in [-0.4, -0.2) is 57.3 Å². The number of carbonyl (C=O) groups is 1. The normalized spacial score (nSPS) is 14.3. The van der Waals surface area contributed by atoms with E-state index in [1.165, 1.54) is 161 Å². The van der Waals surface area contributed by atoms with Crippen LogP contribution in [-0.2, 0) is 4.79 Å². The van der Waals surface area contributed by atoms with E-state index in [-0.39, 0.29) is 0 Å². The van der Waals surface area contributed by atoms with Gasteiger partial charge >= 0.3 is 0 Å². The summed E-state index contributed by atoms with van der Waals surface area (Å²) in [6, 6.07) is -0.981. The van der Waals surface area contributed by atoms with Gasteiger partial charge in [-0.25, -0.2) is 0 Å². The van der Waals surface area contributed by atoms with Crippen LogP contribution in [0, 0.1) is 0 Å². The van der Waals surface area contributed by atoms with Crippen LogP contribution in [0.1, 0.15) is 226 Å². The van der Waals surface area contributed by atoms with Gasteiger partial charge in [0.1, 0.15) is 12.2 Å². The van der Waals surface area contributed by atoms with Crippen molar-refractivity contribution in [3.63, 3.8) is 0 Å². The van der Waals surface area contributed by atoms with E-state index in [4.69, 9.17) is 0 Å². The van der Waals surface area contributed by atoms with E-state index in [0.717, 1.165) is 38.5 Å². The summed E-state index contributed by atoms with van der Waals surface area (Å²) in [6.07, 6.45) is 41.1. The van der Waals surface area contributed by atoms with Gasteiger partial charge in [0.2, 0.25) is 5.91 Å². The summed E-state index contributed by atoms with van der Waals surface area (Å²) in [6.45, 7) is 4.02. The third-order valence-electron chi connectivity index (χ3n) is 10.2. The lowest BCUT2D eigenvalue weighted by Gasteiger charge is -2.27. The van der Waals surface area contributed by atoms with Crippen molar-refractivity contribution in [2.24, 2.45) is 0 Å². The van der Waals surface area contributed by atoms with Gasteiger partial charge in [-0.1, -0.05) is 199 Å². The molecule has 0 aromatic carbocycles. The van der Waals surface area contributed by atoms with E-state index in [1.54, 1.807) is 0 Å². The zero-order valence-electron chi connectivity index (χ0n) is 32.7. The van der Waals surface area contributed by atoms with Crippen LogP contribution in [0.4, 0.5) is 0 Å². The van der Waals surface area contributed by atoms with Gasteiger partial charge < -0.3 is 25.7 Å². The van der Waals surface area contributed by atoms with Crippen molar-refractivity contribution >= 4 is 5.91 Å². The monoisotopic (exact) mass is 696 g/mol. The first-order valence-electron chi connectivity index (χ1n) is 21.6. The molecule has 0 rings (SSSR count). The van der Waals surface area contributed by atoms with E-state index >= 15 is 0 Å². The number of hydrogen-bond donors (Lipinski definition) is 5. The third kappa shape index (κ3) is 32.7. The number of amides is 1. The van der Waals surface area contributed by atoms with Crippen molar-refractivity contribution in [1.82, 2.24) is 5.32 Å². The summed E-state index contributed by atoms with van der Waals surface area (Å²) in [7, 11) is 0. The Kier molecular flexibility index (Phi) is 37.5. The molecule has 0 aromatic rings. The molecule has 49 heavy (non-hydrogen) atoms. The van der Waals surface area contributed by atoms with Crippen LogP contribution in [0.3, 0.4) is 0 Å². The lowest BCUT2D eigenvalue weighted by atomic mass is 9.99. The molecule has 0 bridgehead atoms. The number of allylic oxidation sites excluding steroid dienone is 2. The van der Waals surface area contributed by atoms with E-state index in [2.05, 4.69) is 31.3 Å². The molecule has 0 spiro atoms. The first-order valence-corrected chi connectivity index (χ1v) is 21.6. The van der Waals surface area contributed by atoms with Crippen LogP contribution in [0.15, 0.2) is 12.2 Å². The highest BCUT2D eigenvalue weighted by Crippen LogP contribution is 2.16. The Balaban J connectivity index is 3.65. The zero-order valence-corrected chi connectivity index (χ0v) is 32.7. The van der Waals surface area contributed by atoms with Gasteiger partial charge in [0.25, 0.3) is 0 Å². The first-order chi connectivity index (χ1) is 24.0. The topological polar surface area (TPSA) is 110 Å². The molecule has 0 aromatic heterocycles. The minimum atomic E-state index is -1.25. The van der Waals surface area contributed by atoms with Crippen molar-refractivity contribution in [3.05, 3.63) is 12.2 Å². The van der Waals surface area contributed by atoms with Crippen LogP contribution >= 0.6 is 0 Å². The SMILES string of the molecule is CCCCCCCCCCCCCC/C=C\CCCCCCCCCCC(O)C(=O)NC(CO)C(O)C(O)CCCCCCCCCCC. The molecular weight excluding hydrogens is 610 g/mol. The summed E-state index contributed by atoms with van der Waals surface area (Å²) < 4.78 is 0. The van der Waals surface area contributed by atoms with Crippen molar-refractivity contribution in [1.29, 1.82) is 0 Å². The molecule has 0 fully saturated rings. The Labute approximate surface area is 304 Å². The second kappa shape index (κ2) is 38.3. The zero-order chi connectivity index (χ0) is 36.0. The summed E-state index contributed by atoms with van der Waals surface area (Å²) in [5, 5.41) is 43.4. The van der Waals surface area contributed by atoms with E-state index < -0.39 is 36.9 Å². The largest absolute Gasteiger partial charge is 0.394 e. The van der Waals surface area contributed by atoms with Gasteiger partial charge in [-0.2, -0.15) is 0 Å². The van der Waals surface area contributed by atoms with Crippen molar-refractivity contribution in [2.45, 2.75) is 250 Å². The van der Waals surface area contributed by atoms with E-state index in [1.807, 2.05) is 0 Å². The maximum absolute atomic E-state index is 12.5. The maximum Gasteiger partial charge on any atom is 0.249 e. The number of aliphatic hydroxyl groups is 4. The quantitative estimate of drug-likeness (QED) is 0.0325.